The molecule has 0 saturated heterocycles. The van der Waals surface area contributed by atoms with Crippen molar-refractivity contribution in [2.45, 2.75) is 39.8 Å². The summed E-state index contributed by atoms with van der Waals surface area (Å²) >= 11 is 0. The van der Waals surface area contributed by atoms with Crippen LogP contribution in [0.4, 0.5) is 0 Å². The lowest BCUT2D eigenvalue weighted by Gasteiger charge is -2.17. The van der Waals surface area contributed by atoms with E-state index in [-0.39, 0.29) is 23.6 Å². The van der Waals surface area contributed by atoms with Crippen molar-refractivity contribution in [3.8, 4) is 0 Å². The molecule has 0 radical (unpaired) electrons. The van der Waals surface area contributed by atoms with Crippen molar-refractivity contribution < 1.29 is 12.8 Å². The van der Waals surface area contributed by atoms with Gasteiger partial charge in [-0.3, -0.25) is 0 Å². The summed E-state index contributed by atoms with van der Waals surface area (Å²) in [5.74, 6) is 1.64. The molecule has 0 amide bonds. The van der Waals surface area contributed by atoms with E-state index >= 15 is 0 Å². The van der Waals surface area contributed by atoms with Gasteiger partial charge >= 0.3 is 0 Å². The van der Waals surface area contributed by atoms with Crippen molar-refractivity contribution >= 4 is 9.84 Å². The summed E-state index contributed by atoms with van der Waals surface area (Å²) in [5.41, 5.74) is 0. The molecular formula is C11H20N2O3S. The minimum Gasteiger partial charge on any atom is -0.444 e. The highest BCUT2D eigenvalue weighted by Crippen LogP contribution is 2.13. The first kappa shape index (κ1) is 14.2. The van der Waals surface area contributed by atoms with E-state index < -0.39 is 9.84 Å². The largest absolute Gasteiger partial charge is 0.444 e. The number of hydrogen-bond donors (Lipinski definition) is 1. The van der Waals surface area contributed by atoms with Crippen LogP contribution >= 0.6 is 0 Å². The highest BCUT2D eigenvalue weighted by atomic mass is 32.2. The van der Waals surface area contributed by atoms with Gasteiger partial charge in [0.15, 0.2) is 9.84 Å². The summed E-state index contributed by atoms with van der Waals surface area (Å²) in [6.07, 6.45) is 1.65. The first-order valence-electron chi connectivity index (χ1n) is 5.73. The van der Waals surface area contributed by atoms with Gasteiger partial charge in [-0.15, -0.1) is 0 Å². The average molecular weight is 260 g/mol. The van der Waals surface area contributed by atoms with E-state index in [1.54, 1.807) is 13.1 Å². The fraction of sp³-hybridized carbons (Fsp3) is 0.727. The maximum absolute atomic E-state index is 11.5. The third-order valence-electron chi connectivity index (χ3n) is 2.49. The maximum atomic E-state index is 11.5. The summed E-state index contributed by atoms with van der Waals surface area (Å²) < 4.78 is 28.3. The first-order chi connectivity index (χ1) is 7.84. The lowest BCUT2D eigenvalue weighted by molar-refractivity contribution is 0.384. The first-order valence-corrected chi connectivity index (χ1v) is 7.55. The number of hydrogen-bond acceptors (Lipinski definition) is 5. The standard InChI is InChI=1S/C11H20N2O3S/c1-5-17(14,15)7-8(2)13-10(4)11-12-6-9(3)16-11/h6,8,10,13H,5,7H2,1-4H3. The molecule has 2 unspecified atom stereocenters. The molecule has 0 bridgehead atoms. The van der Waals surface area contributed by atoms with Gasteiger partial charge < -0.3 is 9.73 Å². The highest BCUT2D eigenvalue weighted by molar-refractivity contribution is 7.91. The minimum absolute atomic E-state index is 0.0919. The zero-order valence-corrected chi connectivity index (χ0v) is 11.5. The molecule has 0 aromatic carbocycles. The van der Waals surface area contributed by atoms with Crippen LogP contribution in [0.5, 0.6) is 0 Å². The number of aryl methyl sites for hydroxylation is 1. The molecular weight excluding hydrogens is 240 g/mol. The van der Waals surface area contributed by atoms with Crippen LogP contribution in [0, 0.1) is 6.92 Å². The van der Waals surface area contributed by atoms with Crippen LogP contribution in [-0.2, 0) is 9.84 Å². The van der Waals surface area contributed by atoms with Crippen LogP contribution in [-0.4, -0.2) is 30.9 Å². The fourth-order valence-electron chi connectivity index (χ4n) is 1.62. The molecule has 0 saturated carbocycles. The Morgan fingerprint density at radius 1 is 1.47 bits per heavy atom. The molecule has 5 nitrogen and oxygen atoms in total. The minimum atomic E-state index is -2.95. The summed E-state index contributed by atoms with van der Waals surface area (Å²) in [5, 5.41) is 3.16. The molecule has 98 valence electrons. The molecule has 2 atom stereocenters. The average Bonchev–Trinajstić information content (AvgIpc) is 2.64. The number of nitrogens with one attached hydrogen (secondary N) is 1. The van der Waals surface area contributed by atoms with E-state index in [0.29, 0.717) is 5.89 Å². The van der Waals surface area contributed by atoms with Crippen molar-refractivity contribution in [1.82, 2.24) is 10.3 Å². The summed E-state index contributed by atoms with van der Waals surface area (Å²) in [7, 11) is -2.95. The molecule has 6 heteroatoms. The predicted octanol–water partition coefficient (Wildman–Crippen LogP) is 1.46. The van der Waals surface area contributed by atoms with Crippen LogP contribution in [0.25, 0.3) is 0 Å². The van der Waals surface area contributed by atoms with Gasteiger partial charge in [-0.05, 0) is 20.8 Å². The second kappa shape index (κ2) is 5.64. The second-order valence-electron chi connectivity index (χ2n) is 4.30. The van der Waals surface area contributed by atoms with Gasteiger partial charge in [0.25, 0.3) is 0 Å². The highest BCUT2D eigenvalue weighted by Gasteiger charge is 2.18. The van der Waals surface area contributed by atoms with E-state index in [2.05, 4.69) is 10.3 Å². The Kier molecular flexibility index (Phi) is 4.70. The van der Waals surface area contributed by atoms with Gasteiger partial charge in [-0.1, -0.05) is 6.92 Å². The zero-order chi connectivity index (χ0) is 13.1. The van der Waals surface area contributed by atoms with Crippen LogP contribution in [0.1, 0.15) is 38.5 Å². The summed E-state index contributed by atoms with van der Waals surface area (Å²) in [6, 6.07) is -0.215. The van der Waals surface area contributed by atoms with Gasteiger partial charge in [-0.2, -0.15) is 0 Å². The molecule has 0 aliphatic carbocycles. The lowest BCUT2D eigenvalue weighted by Crippen LogP contribution is -2.35. The van der Waals surface area contributed by atoms with Crippen molar-refractivity contribution in [1.29, 1.82) is 0 Å². The van der Waals surface area contributed by atoms with Gasteiger partial charge in [0.2, 0.25) is 5.89 Å². The van der Waals surface area contributed by atoms with E-state index in [9.17, 15) is 8.42 Å². The molecule has 0 fully saturated rings. The van der Waals surface area contributed by atoms with Gasteiger partial charge in [0.1, 0.15) is 5.76 Å². The van der Waals surface area contributed by atoms with Gasteiger partial charge in [-0.25, -0.2) is 13.4 Å². The topological polar surface area (TPSA) is 72.2 Å². The van der Waals surface area contributed by atoms with Crippen molar-refractivity contribution in [2.24, 2.45) is 0 Å². The SMILES string of the molecule is CCS(=O)(=O)CC(C)NC(C)c1ncc(C)o1. The molecule has 1 heterocycles. The Labute approximate surface area is 103 Å². The third-order valence-corrected chi connectivity index (χ3v) is 4.38. The normalized spacial score (nSPS) is 15.8. The Bertz CT molecular complexity index is 453. The smallest absolute Gasteiger partial charge is 0.211 e. The van der Waals surface area contributed by atoms with Gasteiger partial charge in [0, 0.05) is 11.8 Å². The maximum Gasteiger partial charge on any atom is 0.211 e. The molecule has 0 aliphatic rings. The molecule has 1 rings (SSSR count). The van der Waals surface area contributed by atoms with Crippen LogP contribution in [0.3, 0.4) is 0 Å². The fourth-order valence-corrected chi connectivity index (χ4v) is 2.71. The monoisotopic (exact) mass is 260 g/mol. The number of nitrogens with zero attached hydrogens (tertiary/aromatic N) is 1. The van der Waals surface area contributed by atoms with Gasteiger partial charge in [0.05, 0.1) is 18.0 Å². The molecule has 0 aliphatic heterocycles. The number of sulfone groups is 1. The van der Waals surface area contributed by atoms with Crippen LogP contribution < -0.4 is 5.32 Å². The molecule has 17 heavy (non-hydrogen) atoms. The van der Waals surface area contributed by atoms with Crippen molar-refractivity contribution in [3.05, 3.63) is 17.8 Å². The second-order valence-corrected chi connectivity index (χ2v) is 6.70. The number of rotatable bonds is 6. The Balaban J connectivity index is 2.54. The molecule has 1 aromatic heterocycles. The molecule has 1 N–H and O–H groups in total. The van der Waals surface area contributed by atoms with E-state index in [0.717, 1.165) is 5.76 Å². The number of aromatic nitrogens is 1. The van der Waals surface area contributed by atoms with E-state index in [4.69, 9.17) is 4.42 Å². The predicted molar refractivity (Wildman–Crippen MR) is 66.6 cm³/mol. The number of oxazole rings is 1. The Hall–Kier alpha value is -0.880. The third kappa shape index (κ3) is 4.47. The molecule has 0 spiro atoms. The Morgan fingerprint density at radius 3 is 2.59 bits per heavy atom. The summed E-state index contributed by atoms with van der Waals surface area (Å²) in [4.78, 5) is 4.11. The van der Waals surface area contributed by atoms with Crippen LogP contribution in [0.2, 0.25) is 0 Å². The quantitative estimate of drug-likeness (QED) is 0.838. The Morgan fingerprint density at radius 2 is 2.12 bits per heavy atom. The zero-order valence-electron chi connectivity index (χ0n) is 10.7. The van der Waals surface area contributed by atoms with Crippen molar-refractivity contribution in [2.75, 3.05) is 11.5 Å². The van der Waals surface area contributed by atoms with E-state index in [1.807, 2.05) is 20.8 Å². The van der Waals surface area contributed by atoms with E-state index in [1.165, 1.54) is 0 Å². The van der Waals surface area contributed by atoms with Crippen LogP contribution in [0.15, 0.2) is 10.6 Å². The lowest BCUT2D eigenvalue weighted by atomic mass is 10.3. The summed E-state index contributed by atoms with van der Waals surface area (Å²) in [6.45, 7) is 7.23. The van der Waals surface area contributed by atoms with Crippen molar-refractivity contribution in [3.63, 3.8) is 0 Å². The molecule has 1 aromatic rings.